The Morgan fingerprint density at radius 3 is 2.44 bits per heavy atom. The molecule has 0 saturated carbocycles. The summed E-state index contributed by atoms with van der Waals surface area (Å²) in [5.41, 5.74) is 6.06. The number of nitrogens with zero attached hydrogens (tertiary/aromatic N) is 4. The van der Waals surface area contributed by atoms with Crippen molar-refractivity contribution in [1.29, 1.82) is 0 Å². The number of amides is 1. The molecule has 2 N–H and O–H groups in total. The minimum atomic E-state index is 0. The summed E-state index contributed by atoms with van der Waals surface area (Å²) in [6.07, 6.45) is 3.28. The van der Waals surface area contributed by atoms with Gasteiger partial charge in [-0.2, -0.15) is 0 Å². The molecule has 0 spiro atoms. The second kappa shape index (κ2) is 13.2. The predicted molar refractivity (Wildman–Crippen MR) is 117 cm³/mol. The number of carbonyl (C=O) groups is 1. The van der Waals surface area contributed by atoms with Crippen LogP contribution in [0, 0.1) is 5.92 Å². The zero-order valence-electron chi connectivity index (χ0n) is 16.7. The lowest BCUT2D eigenvalue weighted by Gasteiger charge is -2.35. The van der Waals surface area contributed by atoms with E-state index >= 15 is 0 Å². The first-order chi connectivity index (χ1) is 12.0. The highest BCUT2D eigenvalue weighted by Crippen LogP contribution is 2.12. The molecule has 8 heteroatoms. The molecule has 1 aromatic rings. The first-order valence-corrected chi connectivity index (χ1v) is 9.35. The van der Waals surface area contributed by atoms with Crippen LogP contribution in [0.5, 0.6) is 0 Å². The van der Waals surface area contributed by atoms with E-state index < -0.39 is 0 Å². The Hall–Kier alpha value is -1.08. The maximum absolute atomic E-state index is 12.3. The molecule has 6 nitrogen and oxygen atoms in total. The standard InChI is InChI=1S/C19H33N5O.2ClH/c1-16(2)17(20)7-10-22(3)19(25)8-11-23-12-14-24(15-13-23)18-6-4-5-9-21-18;;/h4-6,9,16-17H,7-8,10-15,20H2,1-3H3;2*1H. The second-order valence-electron chi connectivity index (χ2n) is 7.28. The molecular formula is C19H35Cl2N5O. The van der Waals surface area contributed by atoms with E-state index in [-0.39, 0.29) is 36.8 Å². The SMILES string of the molecule is CC(C)C(N)CCN(C)C(=O)CCN1CCN(c2ccccn2)CC1.Cl.Cl. The maximum Gasteiger partial charge on any atom is 0.223 e. The third-order valence-corrected chi connectivity index (χ3v) is 5.07. The predicted octanol–water partition coefficient (Wildman–Crippen LogP) is 2.27. The molecule has 1 aliphatic rings. The first-order valence-electron chi connectivity index (χ1n) is 9.35. The van der Waals surface area contributed by atoms with Crippen LogP contribution in [0.2, 0.25) is 0 Å². The van der Waals surface area contributed by atoms with Crippen LogP contribution in [-0.4, -0.2) is 73.0 Å². The summed E-state index contributed by atoms with van der Waals surface area (Å²) >= 11 is 0. The molecular weight excluding hydrogens is 385 g/mol. The molecule has 2 rings (SSSR count). The molecule has 1 aromatic heterocycles. The Morgan fingerprint density at radius 2 is 1.89 bits per heavy atom. The minimum Gasteiger partial charge on any atom is -0.354 e. The topological polar surface area (TPSA) is 65.7 Å². The van der Waals surface area contributed by atoms with E-state index in [9.17, 15) is 4.79 Å². The van der Waals surface area contributed by atoms with Crippen molar-refractivity contribution in [3.8, 4) is 0 Å². The number of pyridine rings is 1. The lowest BCUT2D eigenvalue weighted by atomic mass is 10.0. The van der Waals surface area contributed by atoms with E-state index in [1.165, 1.54) is 0 Å². The highest BCUT2D eigenvalue weighted by Gasteiger charge is 2.19. The number of rotatable bonds is 8. The summed E-state index contributed by atoms with van der Waals surface area (Å²) < 4.78 is 0. The summed E-state index contributed by atoms with van der Waals surface area (Å²) in [5, 5.41) is 0. The first kappa shape index (κ1) is 25.9. The van der Waals surface area contributed by atoms with E-state index in [1.54, 1.807) is 0 Å². The Labute approximate surface area is 176 Å². The van der Waals surface area contributed by atoms with Crippen LogP contribution < -0.4 is 10.6 Å². The van der Waals surface area contributed by atoms with E-state index in [1.807, 2.05) is 30.3 Å². The highest BCUT2D eigenvalue weighted by molar-refractivity contribution is 5.85. The molecule has 2 heterocycles. The number of anilines is 1. The summed E-state index contributed by atoms with van der Waals surface area (Å²) in [6.45, 7) is 9.70. The fourth-order valence-electron chi connectivity index (χ4n) is 2.99. The number of hydrogen-bond donors (Lipinski definition) is 1. The molecule has 1 amide bonds. The van der Waals surface area contributed by atoms with Crippen molar-refractivity contribution >= 4 is 36.5 Å². The van der Waals surface area contributed by atoms with Crippen molar-refractivity contribution in [3.63, 3.8) is 0 Å². The van der Waals surface area contributed by atoms with Gasteiger partial charge >= 0.3 is 0 Å². The van der Waals surface area contributed by atoms with Crippen LogP contribution in [-0.2, 0) is 4.79 Å². The van der Waals surface area contributed by atoms with Crippen LogP contribution in [0.3, 0.4) is 0 Å². The summed E-state index contributed by atoms with van der Waals surface area (Å²) in [7, 11) is 1.88. The van der Waals surface area contributed by atoms with Gasteiger partial charge in [0.25, 0.3) is 0 Å². The monoisotopic (exact) mass is 419 g/mol. The van der Waals surface area contributed by atoms with Crippen molar-refractivity contribution in [2.75, 3.05) is 51.2 Å². The van der Waals surface area contributed by atoms with Gasteiger partial charge in [0.2, 0.25) is 5.91 Å². The van der Waals surface area contributed by atoms with Crippen LogP contribution in [0.4, 0.5) is 5.82 Å². The number of piperazine rings is 1. The second-order valence-corrected chi connectivity index (χ2v) is 7.28. The van der Waals surface area contributed by atoms with Gasteiger partial charge in [-0.3, -0.25) is 9.69 Å². The maximum atomic E-state index is 12.3. The number of nitrogens with two attached hydrogens (primary N) is 1. The van der Waals surface area contributed by atoms with E-state index in [2.05, 4.69) is 34.7 Å². The Balaban J connectivity index is 0.00000338. The van der Waals surface area contributed by atoms with Crippen molar-refractivity contribution < 1.29 is 4.79 Å². The van der Waals surface area contributed by atoms with Crippen molar-refractivity contribution in [3.05, 3.63) is 24.4 Å². The van der Waals surface area contributed by atoms with Crippen LogP contribution in [0.25, 0.3) is 0 Å². The van der Waals surface area contributed by atoms with E-state index in [4.69, 9.17) is 5.73 Å². The van der Waals surface area contributed by atoms with Gasteiger partial charge in [0.05, 0.1) is 0 Å². The van der Waals surface area contributed by atoms with Gasteiger partial charge in [0.15, 0.2) is 0 Å². The zero-order chi connectivity index (χ0) is 18.2. The summed E-state index contributed by atoms with van der Waals surface area (Å²) in [6, 6.07) is 6.18. The lowest BCUT2D eigenvalue weighted by molar-refractivity contribution is -0.130. The molecule has 1 aliphatic heterocycles. The van der Waals surface area contributed by atoms with Gasteiger partial charge in [-0.15, -0.1) is 24.8 Å². The number of halogens is 2. The summed E-state index contributed by atoms with van der Waals surface area (Å²) in [5.74, 6) is 1.71. The van der Waals surface area contributed by atoms with Crippen molar-refractivity contribution in [2.45, 2.75) is 32.7 Å². The smallest absolute Gasteiger partial charge is 0.223 e. The third-order valence-electron chi connectivity index (χ3n) is 5.07. The minimum absolute atomic E-state index is 0. The van der Waals surface area contributed by atoms with Crippen molar-refractivity contribution in [1.82, 2.24) is 14.8 Å². The quantitative estimate of drug-likeness (QED) is 0.699. The average molecular weight is 420 g/mol. The molecule has 1 fully saturated rings. The molecule has 0 bridgehead atoms. The molecule has 0 radical (unpaired) electrons. The average Bonchev–Trinajstić information content (AvgIpc) is 2.64. The van der Waals surface area contributed by atoms with E-state index in [0.29, 0.717) is 12.3 Å². The summed E-state index contributed by atoms with van der Waals surface area (Å²) in [4.78, 5) is 23.2. The number of hydrogen-bond acceptors (Lipinski definition) is 5. The van der Waals surface area contributed by atoms with Gasteiger partial charge in [-0.25, -0.2) is 4.98 Å². The Kier molecular flexibility index (Phi) is 12.6. The van der Waals surface area contributed by atoms with Crippen molar-refractivity contribution in [2.24, 2.45) is 11.7 Å². The zero-order valence-corrected chi connectivity index (χ0v) is 18.3. The van der Waals surface area contributed by atoms with Gasteiger partial charge in [0.1, 0.15) is 5.82 Å². The van der Waals surface area contributed by atoms with Crippen LogP contribution >= 0.6 is 24.8 Å². The van der Waals surface area contributed by atoms with Gasteiger partial charge < -0.3 is 15.5 Å². The van der Waals surface area contributed by atoms with Crippen LogP contribution in [0.15, 0.2) is 24.4 Å². The molecule has 1 unspecified atom stereocenters. The molecule has 1 atom stereocenters. The van der Waals surface area contributed by atoms with Gasteiger partial charge in [-0.05, 0) is 24.5 Å². The normalized spacial score (nSPS) is 15.7. The number of carbonyl (C=O) groups excluding carboxylic acids is 1. The molecule has 1 saturated heterocycles. The fourth-order valence-corrected chi connectivity index (χ4v) is 2.99. The fraction of sp³-hybridized carbons (Fsp3) is 0.684. The molecule has 0 aliphatic carbocycles. The lowest BCUT2D eigenvalue weighted by Crippen LogP contribution is -2.47. The molecule has 0 aromatic carbocycles. The molecule has 27 heavy (non-hydrogen) atoms. The Morgan fingerprint density at radius 1 is 1.22 bits per heavy atom. The van der Waals surface area contributed by atoms with E-state index in [0.717, 1.165) is 51.5 Å². The largest absolute Gasteiger partial charge is 0.354 e. The molecule has 156 valence electrons. The third kappa shape index (κ3) is 8.64. The Bertz CT molecular complexity index is 524. The van der Waals surface area contributed by atoms with Gasteiger partial charge in [-0.1, -0.05) is 19.9 Å². The number of aromatic nitrogens is 1. The van der Waals surface area contributed by atoms with Gasteiger partial charge in [0, 0.05) is 65.0 Å². The van der Waals surface area contributed by atoms with Crippen LogP contribution in [0.1, 0.15) is 26.7 Å². The highest BCUT2D eigenvalue weighted by atomic mass is 35.5.